The third-order valence-corrected chi connectivity index (χ3v) is 5.34. The minimum absolute atomic E-state index is 0.306. The molecule has 1 aromatic rings. The maximum Gasteiger partial charge on any atom is 0.169 e. The van der Waals surface area contributed by atoms with Crippen molar-refractivity contribution < 1.29 is 9.21 Å². The Hall–Kier alpha value is -1.05. The molecule has 4 bridgehead atoms. The molecule has 0 aliphatic heterocycles. The number of furan rings is 1. The van der Waals surface area contributed by atoms with Crippen molar-refractivity contribution in [2.45, 2.75) is 32.1 Å². The summed E-state index contributed by atoms with van der Waals surface area (Å²) in [5, 5.41) is 0. The molecule has 0 N–H and O–H groups in total. The van der Waals surface area contributed by atoms with E-state index < -0.39 is 0 Å². The smallest absolute Gasteiger partial charge is 0.169 e. The van der Waals surface area contributed by atoms with Crippen LogP contribution in [0.4, 0.5) is 0 Å². The standard InChI is InChI=1S/C15H18O2/c16-15(11-1-2-17-8-11)14-12-4-9-3-10(6-12)7-13(14)5-9/h1-2,8-10,12-14H,3-7H2. The van der Waals surface area contributed by atoms with Crippen molar-refractivity contribution in [2.75, 3.05) is 0 Å². The van der Waals surface area contributed by atoms with Crippen LogP contribution in [0.25, 0.3) is 0 Å². The van der Waals surface area contributed by atoms with Crippen molar-refractivity contribution in [2.24, 2.45) is 29.6 Å². The number of carbonyl (C=O) groups is 1. The molecule has 0 aromatic carbocycles. The van der Waals surface area contributed by atoms with Crippen LogP contribution in [0, 0.1) is 29.6 Å². The van der Waals surface area contributed by atoms with Crippen LogP contribution < -0.4 is 0 Å². The van der Waals surface area contributed by atoms with Gasteiger partial charge in [0.1, 0.15) is 6.26 Å². The average molecular weight is 230 g/mol. The number of Topliss-reactive ketones (excluding diaryl/α,β-unsaturated/α-hetero) is 1. The van der Waals surface area contributed by atoms with Crippen LogP contribution >= 0.6 is 0 Å². The third-order valence-electron chi connectivity index (χ3n) is 5.34. The molecule has 4 aliphatic rings. The summed E-state index contributed by atoms with van der Waals surface area (Å²) in [6, 6.07) is 1.83. The minimum Gasteiger partial charge on any atom is -0.472 e. The molecule has 2 nitrogen and oxygen atoms in total. The van der Waals surface area contributed by atoms with E-state index in [0.717, 1.165) is 17.4 Å². The topological polar surface area (TPSA) is 30.2 Å². The van der Waals surface area contributed by atoms with Gasteiger partial charge in [0.2, 0.25) is 0 Å². The van der Waals surface area contributed by atoms with Gasteiger partial charge in [0.25, 0.3) is 0 Å². The van der Waals surface area contributed by atoms with E-state index in [1.807, 2.05) is 6.07 Å². The number of ketones is 1. The first-order valence-corrected chi connectivity index (χ1v) is 6.87. The molecule has 0 amide bonds. The van der Waals surface area contributed by atoms with Crippen molar-refractivity contribution in [3.8, 4) is 0 Å². The molecular formula is C15H18O2. The summed E-state index contributed by atoms with van der Waals surface area (Å²) < 4.78 is 5.06. The van der Waals surface area contributed by atoms with E-state index in [1.165, 1.54) is 32.1 Å². The van der Waals surface area contributed by atoms with Gasteiger partial charge in [0, 0.05) is 5.92 Å². The molecular weight excluding hydrogens is 212 g/mol. The van der Waals surface area contributed by atoms with Gasteiger partial charge in [0.05, 0.1) is 11.8 Å². The van der Waals surface area contributed by atoms with Crippen molar-refractivity contribution >= 4 is 5.78 Å². The zero-order chi connectivity index (χ0) is 11.4. The van der Waals surface area contributed by atoms with Crippen molar-refractivity contribution in [1.29, 1.82) is 0 Å². The molecule has 4 aliphatic carbocycles. The van der Waals surface area contributed by atoms with Gasteiger partial charge in [-0.3, -0.25) is 4.79 Å². The third kappa shape index (κ3) is 1.42. The summed E-state index contributed by atoms with van der Waals surface area (Å²) in [5.74, 6) is 3.88. The molecule has 17 heavy (non-hydrogen) atoms. The first-order chi connectivity index (χ1) is 8.31. The molecule has 1 heterocycles. The van der Waals surface area contributed by atoms with Crippen LogP contribution in [-0.2, 0) is 0 Å². The number of hydrogen-bond donors (Lipinski definition) is 0. The van der Waals surface area contributed by atoms with Gasteiger partial charge in [-0.2, -0.15) is 0 Å². The molecule has 90 valence electrons. The Balaban J connectivity index is 1.64. The monoisotopic (exact) mass is 230 g/mol. The molecule has 0 atom stereocenters. The highest BCUT2D eigenvalue weighted by molar-refractivity contribution is 5.98. The van der Waals surface area contributed by atoms with Crippen LogP contribution in [0.1, 0.15) is 42.5 Å². The number of hydrogen-bond acceptors (Lipinski definition) is 2. The quantitative estimate of drug-likeness (QED) is 0.727. The SMILES string of the molecule is O=C(c1ccoc1)C1C2CC3CC(C2)CC1C3. The fraction of sp³-hybridized carbons (Fsp3) is 0.667. The van der Waals surface area contributed by atoms with Crippen molar-refractivity contribution in [3.05, 3.63) is 24.2 Å². The second-order valence-electron chi connectivity index (χ2n) is 6.33. The lowest BCUT2D eigenvalue weighted by Gasteiger charge is -2.53. The molecule has 0 saturated heterocycles. The molecule has 1 aromatic heterocycles. The predicted molar refractivity (Wildman–Crippen MR) is 63.6 cm³/mol. The van der Waals surface area contributed by atoms with E-state index in [4.69, 9.17) is 4.42 Å². The molecule has 4 fully saturated rings. The van der Waals surface area contributed by atoms with E-state index >= 15 is 0 Å². The molecule has 2 heteroatoms. The highest BCUT2D eigenvalue weighted by atomic mass is 16.3. The molecule has 0 unspecified atom stereocenters. The Morgan fingerprint density at radius 2 is 1.71 bits per heavy atom. The Morgan fingerprint density at radius 3 is 2.24 bits per heavy atom. The van der Waals surface area contributed by atoms with Gasteiger partial charge in [0.15, 0.2) is 5.78 Å². The fourth-order valence-corrected chi connectivity index (χ4v) is 4.95. The minimum atomic E-state index is 0.306. The first kappa shape index (κ1) is 9.93. The summed E-state index contributed by atoms with van der Waals surface area (Å²) in [6.07, 6.45) is 9.90. The maximum atomic E-state index is 12.5. The normalized spacial score (nSPS) is 42.9. The molecule has 0 radical (unpaired) electrons. The summed E-state index contributed by atoms with van der Waals surface area (Å²) in [4.78, 5) is 12.5. The second kappa shape index (κ2) is 3.47. The number of rotatable bonds is 2. The number of carbonyl (C=O) groups excluding carboxylic acids is 1. The van der Waals surface area contributed by atoms with Gasteiger partial charge in [-0.25, -0.2) is 0 Å². The van der Waals surface area contributed by atoms with Crippen LogP contribution in [0.2, 0.25) is 0 Å². The van der Waals surface area contributed by atoms with Crippen LogP contribution in [0.5, 0.6) is 0 Å². The Bertz CT molecular complexity index is 404. The van der Waals surface area contributed by atoms with E-state index in [9.17, 15) is 4.79 Å². The van der Waals surface area contributed by atoms with Gasteiger partial charge < -0.3 is 4.42 Å². The van der Waals surface area contributed by atoms with Gasteiger partial charge >= 0.3 is 0 Å². The zero-order valence-corrected chi connectivity index (χ0v) is 9.97. The summed E-state index contributed by atoms with van der Waals surface area (Å²) in [7, 11) is 0. The van der Waals surface area contributed by atoms with E-state index in [1.54, 1.807) is 12.5 Å². The lowest BCUT2D eigenvalue weighted by molar-refractivity contribution is -0.0251. The lowest BCUT2D eigenvalue weighted by Crippen LogP contribution is -2.47. The van der Waals surface area contributed by atoms with Crippen LogP contribution in [0.15, 0.2) is 23.0 Å². The largest absolute Gasteiger partial charge is 0.472 e. The molecule has 4 saturated carbocycles. The first-order valence-electron chi connectivity index (χ1n) is 6.87. The molecule has 5 rings (SSSR count). The summed E-state index contributed by atoms with van der Waals surface area (Å²) >= 11 is 0. The maximum absolute atomic E-state index is 12.5. The van der Waals surface area contributed by atoms with E-state index in [0.29, 0.717) is 23.5 Å². The summed E-state index contributed by atoms with van der Waals surface area (Å²) in [5.41, 5.74) is 0.794. The Kier molecular flexibility index (Phi) is 2.03. The van der Waals surface area contributed by atoms with E-state index in [2.05, 4.69) is 0 Å². The Labute approximate surface area is 101 Å². The van der Waals surface area contributed by atoms with Gasteiger partial charge in [-0.15, -0.1) is 0 Å². The van der Waals surface area contributed by atoms with Gasteiger partial charge in [-0.05, 0) is 61.8 Å². The fourth-order valence-electron chi connectivity index (χ4n) is 4.95. The van der Waals surface area contributed by atoms with Crippen molar-refractivity contribution in [3.63, 3.8) is 0 Å². The lowest BCUT2D eigenvalue weighted by atomic mass is 9.51. The van der Waals surface area contributed by atoms with E-state index in [-0.39, 0.29) is 0 Å². The van der Waals surface area contributed by atoms with Crippen LogP contribution in [-0.4, -0.2) is 5.78 Å². The highest BCUT2D eigenvalue weighted by Gasteiger charge is 2.50. The summed E-state index contributed by atoms with van der Waals surface area (Å²) in [6.45, 7) is 0. The van der Waals surface area contributed by atoms with Crippen LogP contribution in [0.3, 0.4) is 0 Å². The Morgan fingerprint density at radius 1 is 1.06 bits per heavy atom. The zero-order valence-electron chi connectivity index (χ0n) is 9.97. The highest BCUT2D eigenvalue weighted by Crippen LogP contribution is 2.57. The predicted octanol–water partition coefficient (Wildman–Crippen LogP) is 3.53. The second-order valence-corrected chi connectivity index (χ2v) is 6.33. The average Bonchev–Trinajstić information content (AvgIpc) is 2.80. The van der Waals surface area contributed by atoms with Crippen molar-refractivity contribution in [1.82, 2.24) is 0 Å². The van der Waals surface area contributed by atoms with Gasteiger partial charge in [-0.1, -0.05) is 0 Å². The molecule has 0 spiro atoms.